The van der Waals surface area contributed by atoms with E-state index in [1.807, 2.05) is 12.1 Å². The Morgan fingerprint density at radius 1 is 1.33 bits per heavy atom. The van der Waals surface area contributed by atoms with Crippen LogP contribution in [0.4, 0.5) is 5.69 Å². The maximum atomic E-state index is 12.0. The molecule has 0 fully saturated rings. The molecule has 1 aromatic carbocycles. The molecule has 0 aromatic heterocycles. The third-order valence-corrected chi connectivity index (χ3v) is 3.97. The van der Waals surface area contributed by atoms with Crippen molar-refractivity contribution < 1.29 is 14.3 Å². The van der Waals surface area contributed by atoms with Crippen LogP contribution in [0.25, 0.3) is 0 Å². The summed E-state index contributed by atoms with van der Waals surface area (Å²) in [6.45, 7) is 3.54. The zero-order chi connectivity index (χ0) is 15.1. The average molecular weight is 310 g/mol. The largest absolute Gasteiger partial charge is 0.486 e. The third kappa shape index (κ3) is 4.82. The highest BCUT2D eigenvalue weighted by Crippen LogP contribution is 2.32. The Kier molecular flexibility index (Phi) is 6.20. The maximum absolute atomic E-state index is 12.0. The number of anilines is 1. The molecule has 0 aliphatic carbocycles. The van der Waals surface area contributed by atoms with Crippen LogP contribution in [0, 0.1) is 0 Å². The summed E-state index contributed by atoms with van der Waals surface area (Å²) in [5.41, 5.74) is 0.726. The first-order valence-corrected chi connectivity index (χ1v) is 8.54. The summed E-state index contributed by atoms with van der Waals surface area (Å²) >= 11 is 1.78. The summed E-state index contributed by atoms with van der Waals surface area (Å²) in [7, 11) is 0. The number of nitrogens with one attached hydrogen (secondary N) is 2. The van der Waals surface area contributed by atoms with Crippen molar-refractivity contribution in [3.05, 3.63) is 18.2 Å². The van der Waals surface area contributed by atoms with Crippen LogP contribution < -0.4 is 20.1 Å². The second kappa shape index (κ2) is 8.14. The van der Waals surface area contributed by atoms with Crippen LogP contribution in [0.5, 0.6) is 11.5 Å². The van der Waals surface area contributed by atoms with E-state index in [1.165, 1.54) is 0 Å². The molecule has 0 bridgehead atoms. The topological polar surface area (TPSA) is 59.6 Å². The molecule has 0 spiro atoms. The molecular weight excluding hydrogens is 288 g/mol. The number of benzene rings is 1. The van der Waals surface area contributed by atoms with Crippen molar-refractivity contribution in [2.45, 2.75) is 19.4 Å². The molecule has 1 heterocycles. The highest BCUT2D eigenvalue weighted by Gasteiger charge is 2.13. The first-order valence-electron chi connectivity index (χ1n) is 7.14. The van der Waals surface area contributed by atoms with E-state index in [9.17, 15) is 4.79 Å². The van der Waals surface area contributed by atoms with Gasteiger partial charge in [-0.3, -0.25) is 4.79 Å². The fourth-order valence-electron chi connectivity index (χ4n) is 2.09. The molecule has 5 nitrogen and oxygen atoms in total. The quantitative estimate of drug-likeness (QED) is 0.808. The lowest BCUT2D eigenvalue weighted by Crippen LogP contribution is -2.37. The Hall–Kier alpha value is -1.40. The van der Waals surface area contributed by atoms with Crippen LogP contribution >= 0.6 is 11.8 Å². The van der Waals surface area contributed by atoms with Crippen LogP contribution in [-0.4, -0.2) is 43.7 Å². The van der Waals surface area contributed by atoms with Gasteiger partial charge in [-0.15, -0.1) is 0 Å². The molecule has 1 amide bonds. The van der Waals surface area contributed by atoms with Gasteiger partial charge < -0.3 is 20.1 Å². The van der Waals surface area contributed by atoms with Gasteiger partial charge in [-0.25, -0.2) is 0 Å². The van der Waals surface area contributed by atoms with E-state index in [0.717, 1.165) is 23.6 Å². The number of hydrogen-bond acceptors (Lipinski definition) is 5. The van der Waals surface area contributed by atoms with Crippen molar-refractivity contribution in [1.82, 2.24) is 5.32 Å². The summed E-state index contributed by atoms with van der Waals surface area (Å²) in [5.74, 6) is 2.36. The molecule has 1 aliphatic rings. The van der Waals surface area contributed by atoms with Crippen LogP contribution in [0.1, 0.15) is 13.3 Å². The molecule has 21 heavy (non-hydrogen) atoms. The fraction of sp³-hybridized carbons (Fsp3) is 0.533. The molecule has 1 aliphatic heterocycles. The fourth-order valence-corrected chi connectivity index (χ4v) is 2.84. The van der Waals surface area contributed by atoms with Crippen LogP contribution in [0.3, 0.4) is 0 Å². The minimum atomic E-state index is -0.0498. The Morgan fingerprint density at radius 2 is 2.10 bits per heavy atom. The van der Waals surface area contributed by atoms with Crippen LogP contribution in [0.15, 0.2) is 18.2 Å². The van der Waals surface area contributed by atoms with Gasteiger partial charge in [-0.2, -0.15) is 11.8 Å². The molecule has 116 valence electrons. The van der Waals surface area contributed by atoms with Gasteiger partial charge >= 0.3 is 0 Å². The highest BCUT2D eigenvalue weighted by atomic mass is 32.2. The summed E-state index contributed by atoms with van der Waals surface area (Å²) in [6.07, 6.45) is 3.08. The van der Waals surface area contributed by atoms with Crippen LogP contribution in [0.2, 0.25) is 0 Å². The molecule has 0 radical (unpaired) electrons. The second-order valence-corrected chi connectivity index (χ2v) is 5.76. The van der Waals surface area contributed by atoms with Gasteiger partial charge in [0.15, 0.2) is 11.5 Å². The predicted molar refractivity (Wildman–Crippen MR) is 86.5 cm³/mol. The number of rotatable bonds is 7. The molecule has 6 heteroatoms. The normalized spacial score (nSPS) is 14.6. The van der Waals surface area contributed by atoms with Gasteiger partial charge in [-0.1, -0.05) is 6.92 Å². The van der Waals surface area contributed by atoms with Crippen molar-refractivity contribution in [3.63, 3.8) is 0 Å². The molecule has 1 atom stereocenters. The van der Waals surface area contributed by atoms with Gasteiger partial charge in [0.05, 0.1) is 6.54 Å². The first-order chi connectivity index (χ1) is 10.2. The number of ether oxygens (including phenoxy) is 2. The zero-order valence-electron chi connectivity index (χ0n) is 12.5. The van der Waals surface area contributed by atoms with E-state index < -0.39 is 0 Å². The second-order valence-electron chi connectivity index (χ2n) is 4.85. The molecule has 1 unspecified atom stereocenters. The number of thioether (sulfide) groups is 1. The lowest BCUT2D eigenvalue weighted by Gasteiger charge is -2.19. The summed E-state index contributed by atoms with van der Waals surface area (Å²) in [4.78, 5) is 12.0. The Morgan fingerprint density at radius 3 is 2.81 bits per heavy atom. The number of fused-ring (bicyclic) bond motifs is 1. The van der Waals surface area contributed by atoms with Crippen molar-refractivity contribution >= 4 is 23.4 Å². The maximum Gasteiger partial charge on any atom is 0.238 e. The molecule has 2 N–H and O–H groups in total. The van der Waals surface area contributed by atoms with E-state index >= 15 is 0 Å². The number of amides is 1. The molecule has 2 rings (SSSR count). The minimum Gasteiger partial charge on any atom is -0.486 e. The Balaban J connectivity index is 1.85. The number of hydrogen-bond donors (Lipinski definition) is 2. The van der Waals surface area contributed by atoms with E-state index in [-0.39, 0.29) is 5.91 Å². The average Bonchev–Trinajstić information content (AvgIpc) is 2.51. The van der Waals surface area contributed by atoms with E-state index in [0.29, 0.717) is 31.5 Å². The van der Waals surface area contributed by atoms with E-state index in [1.54, 1.807) is 17.8 Å². The summed E-state index contributed by atoms with van der Waals surface area (Å²) < 4.78 is 10.9. The van der Waals surface area contributed by atoms with E-state index in [4.69, 9.17) is 9.47 Å². The third-order valence-electron chi connectivity index (χ3n) is 3.24. The molecular formula is C15H22N2O3S. The van der Waals surface area contributed by atoms with Crippen molar-refractivity contribution in [3.8, 4) is 11.5 Å². The van der Waals surface area contributed by atoms with Gasteiger partial charge in [0.2, 0.25) is 5.91 Å². The minimum absolute atomic E-state index is 0.0498. The van der Waals surface area contributed by atoms with Crippen molar-refractivity contribution in [2.24, 2.45) is 0 Å². The molecule has 1 aromatic rings. The lowest BCUT2D eigenvalue weighted by atomic mass is 10.2. The Bertz CT molecular complexity index is 482. The zero-order valence-corrected chi connectivity index (χ0v) is 13.3. The van der Waals surface area contributed by atoms with Gasteiger partial charge in [-0.05, 0) is 24.8 Å². The molecule has 0 saturated heterocycles. The first kappa shape index (κ1) is 16.0. The van der Waals surface area contributed by atoms with Crippen molar-refractivity contribution in [1.29, 1.82) is 0 Å². The predicted octanol–water partition coefficient (Wildman–Crippen LogP) is 2.13. The Labute approximate surface area is 129 Å². The smallest absolute Gasteiger partial charge is 0.238 e. The van der Waals surface area contributed by atoms with Gasteiger partial charge in [0, 0.05) is 23.5 Å². The monoisotopic (exact) mass is 310 g/mol. The van der Waals surface area contributed by atoms with Gasteiger partial charge in [0.25, 0.3) is 0 Å². The number of carbonyl (C=O) groups excluding carboxylic acids is 1. The van der Waals surface area contributed by atoms with Gasteiger partial charge in [0.1, 0.15) is 13.2 Å². The molecule has 0 saturated carbocycles. The highest BCUT2D eigenvalue weighted by molar-refractivity contribution is 7.98. The number of carbonyl (C=O) groups is 1. The summed E-state index contributed by atoms with van der Waals surface area (Å²) in [6, 6.07) is 5.81. The van der Waals surface area contributed by atoms with E-state index in [2.05, 4.69) is 23.8 Å². The lowest BCUT2D eigenvalue weighted by molar-refractivity contribution is -0.115. The van der Waals surface area contributed by atoms with Crippen molar-refractivity contribution in [2.75, 3.05) is 37.1 Å². The van der Waals surface area contributed by atoms with Crippen LogP contribution in [-0.2, 0) is 4.79 Å². The standard InChI is InChI=1S/C15H22N2O3S/c1-3-11(10-21-2)16-9-15(18)17-12-4-5-13-14(8-12)20-7-6-19-13/h4-5,8,11,16H,3,6-7,9-10H2,1-2H3,(H,17,18). The summed E-state index contributed by atoms with van der Waals surface area (Å²) in [5, 5.41) is 6.13. The SMILES string of the molecule is CCC(CSC)NCC(=O)Nc1ccc2c(c1)OCCO2.